The fraction of sp³-hybridized carbons (Fsp3) is 0.250. The van der Waals surface area contributed by atoms with Crippen molar-refractivity contribution < 1.29 is 28.2 Å². The molecule has 1 heterocycles. The van der Waals surface area contributed by atoms with E-state index in [-0.39, 0.29) is 25.3 Å². The molecule has 28 heavy (non-hydrogen) atoms. The second-order valence-electron chi connectivity index (χ2n) is 6.16. The van der Waals surface area contributed by atoms with Gasteiger partial charge in [-0.2, -0.15) is 0 Å². The lowest BCUT2D eigenvalue weighted by molar-refractivity contribution is -0.140. The van der Waals surface area contributed by atoms with Gasteiger partial charge >= 0.3 is 12.0 Å². The smallest absolute Gasteiger partial charge is 0.329 e. The van der Waals surface area contributed by atoms with Crippen molar-refractivity contribution >= 4 is 23.6 Å². The number of carbonyl (C=O) groups excluding carboxylic acids is 3. The molecule has 0 radical (unpaired) electrons. The van der Waals surface area contributed by atoms with Crippen molar-refractivity contribution in [3.63, 3.8) is 0 Å². The summed E-state index contributed by atoms with van der Waals surface area (Å²) in [6, 6.07) is 11.3. The van der Waals surface area contributed by atoms with Crippen molar-refractivity contribution in [2.24, 2.45) is 0 Å². The van der Waals surface area contributed by atoms with Crippen LogP contribution in [0.25, 0.3) is 0 Å². The Bertz CT molecular complexity index is 884. The molecule has 1 aliphatic heterocycles. The summed E-state index contributed by atoms with van der Waals surface area (Å²) in [7, 11) is 1.26. The van der Waals surface area contributed by atoms with Crippen LogP contribution in [0.1, 0.15) is 18.4 Å². The Morgan fingerprint density at radius 1 is 1.14 bits per heavy atom. The number of esters is 1. The standard InChI is InChI=1S/C20H19FN2O5/c1-27-18(24)11-10-17-19(25)23(20(26)22-17)14-6-8-15(9-7-14)28-12-13-4-2-3-5-16(13)21/h2-9,17H,10-12H2,1H3,(H,22,26)/t17-/m1/s1. The Morgan fingerprint density at radius 2 is 1.86 bits per heavy atom. The number of methoxy groups -OCH3 is 1. The fourth-order valence-corrected chi connectivity index (χ4v) is 2.80. The molecule has 146 valence electrons. The van der Waals surface area contributed by atoms with Crippen molar-refractivity contribution in [2.75, 3.05) is 12.0 Å². The summed E-state index contributed by atoms with van der Waals surface area (Å²) in [6.07, 6.45) is 0.196. The van der Waals surface area contributed by atoms with Gasteiger partial charge in [0.1, 0.15) is 24.2 Å². The SMILES string of the molecule is COC(=O)CC[C@H]1NC(=O)N(c2ccc(OCc3ccccc3F)cc2)C1=O. The zero-order valence-electron chi connectivity index (χ0n) is 15.2. The molecular weight excluding hydrogens is 367 g/mol. The number of imide groups is 1. The number of anilines is 1. The van der Waals surface area contributed by atoms with Gasteiger partial charge in [0.05, 0.1) is 12.8 Å². The summed E-state index contributed by atoms with van der Waals surface area (Å²) in [4.78, 5) is 36.9. The van der Waals surface area contributed by atoms with E-state index in [0.29, 0.717) is 17.0 Å². The third-order valence-corrected chi connectivity index (χ3v) is 4.33. The fourth-order valence-electron chi connectivity index (χ4n) is 2.80. The molecule has 1 N–H and O–H groups in total. The van der Waals surface area contributed by atoms with Crippen LogP contribution in [0, 0.1) is 5.82 Å². The van der Waals surface area contributed by atoms with Gasteiger partial charge in [-0.15, -0.1) is 0 Å². The highest BCUT2D eigenvalue weighted by Crippen LogP contribution is 2.24. The highest BCUT2D eigenvalue weighted by Gasteiger charge is 2.38. The van der Waals surface area contributed by atoms with Crippen LogP contribution in [-0.4, -0.2) is 31.1 Å². The van der Waals surface area contributed by atoms with Gasteiger partial charge in [0.15, 0.2) is 0 Å². The van der Waals surface area contributed by atoms with Gasteiger partial charge in [-0.1, -0.05) is 18.2 Å². The van der Waals surface area contributed by atoms with Crippen LogP contribution in [-0.2, 0) is 20.9 Å². The number of ether oxygens (including phenoxy) is 2. The number of hydrogen-bond acceptors (Lipinski definition) is 5. The summed E-state index contributed by atoms with van der Waals surface area (Å²) < 4.78 is 23.7. The van der Waals surface area contributed by atoms with Gasteiger partial charge in [-0.05, 0) is 36.8 Å². The Labute approximate surface area is 161 Å². The predicted molar refractivity (Wildman–Crippen MR) is 98.2 cm³/mol. The van der Waals surface area contributed by atoms with Crippen molar-refractivity contribution in [3.8, 4) is 5.75 Å². The van der Waals surface area contributed by atoms with Gasteiger partial charge in [-0.25, -0.2) is 14.1 Å². The number of halogens is 1. The summed E-state index contributed by atoms with van der Waals surface area (Å²) in [5.41, 5.74) is 0.801. The average molecular weight is 386 g/mol. The van der Waals surface area contributed by atoms with E-state index in [9.17, 15) is 18.8 Å². The van der Waals surface area contributed by atoms with Crippen LogP contribution in [0.5, 0.6) is 5.75 Å². The lowest BCUT2D eigenvalue weighted by Gasteiger charge is -2.14. The van der Waals surface area contributed by atoms with E-state index in [1.165, 1.54) is 13.2 Å². The minimum Gasteiger partial charge on any atom is -0.489 e. The number of amides is 3. The molecule has 1 atom stereocenters. The van der Waals surface area contributed by atoms with Crippen LogP contribution in [0.4, 0.5) is 14.9 Å². The lowest BCUT2D eigenvalue weighted by atomic mass is 10.1. The van der Waals surface area contributed by atoms with E-state index in [2.05, 4.69) is 10.1 Å². The zero-order valence-corrected chi connectivity index (χ0v) is 15.2. The molecule has 2 aromatic carbocycles. The predicted octanol–water partition coefficient (Wildman–Crippen LogP) is 2.78. The Kier molecular flexibility index (Phi) is 5.88. The molecular formula is C20H19FN2O5. The maximum atomic E-state index is 13.6. The molecule has 0 aromatic heterocycles. The number of nitrogens with zero attached hydrogens (tertiary/aromatic N) is 1. The molecule has 1 aliphatic rings. The highest BCUT2D eigenvalue weighted by atomic mass is 19.1. The van der Waals surface area contributed by atoms with Crippen LogP contribution < -0.4 is 15.0 Å². The molecule has 0 aliphatic carbocycles. The lowest BCUT2D eigenvalue weighted by Crippen LogP contribution is -2.31. The molecule has 8 heteroatoms. The van der Waals surface area contributed by atoms with Gasteiger partial charge in [0.25, 0.3) is 5.91 Å². The zero-order chi connectivity index (χ0) is 20.1. The van der Waals surface area contributed by atoms with Gasteiger partial charge in [0, 0.05) is 12.0 Å². The number of carbonyl (C=O) groups is 3. The molecule has 0 spiro atoms. The summed E-state index contributed by atoms with van der Waals surface area (Å²) in [5, 5.41) is 2.56. The molecule has 0 unspecified atom stereocenters. The number of rotatable bonds is 7. The first-order chi connectivity index (χ1) is 13.5. The third kappa shape index (κ3) is 4.28. The second kappa shape index (κ2) is 8.51. The Morgan fingerprint density at radius 3 is 2.54 bits per heavy atom. The number of benzene rings is 2. The largest absolute Gasteiger partial charge is 0.489 e. The van der Waals surface area contributed by atoms with Gasteiger partial charge < -0.3 is 14.8 Å². The molecule has 1 fully saturated rings. The monoisotopic (exact) mass is 386 g/mol. The van der Waals surface area contributed by atoms with Gasteiger partial charge in [0.2, 0.25) is 0 Å². The normalized spacial score (nSPS) is 16.1. The first-order valence-corrected chi connectivity index (χ1v) is 8.67. The first kappa shape index (κ1) is 19.3. The minimum absolute atomic E-state index is 0.0316. The first-order valence-electron chi connectivity index (χ1n) is 8.67. The topological polar surface area (TPSA) is 84.9 Å². The Hall–Kier alpha value is -3.42. The number of nitrogens with one attached hydrogen (secondary N) is 1. The minimum atomic E-state index is -0.774. The number of hydrogen-bond donors (Lipinski definition) is 1. The Balaban J connectivity index is 1.62. The summed E-state index contributed by atoms with van der Waals surface area (Å²) in [5.74, 6) is -0.761. The molecule has 3 amide bonds. The molecule has 3 rings (SSSR count). The van der Waals surface area contributed by atoms with E-state index >= 15 is 0 Å². The van der Waals surface area contributed by atoms with E-state index in [1.54, 1.807) is 42.5 Å². The quantitative estimate of drug-likeness (QED) is 0.584. The molecule has 0 saturated carbocycles. The van der Waals surface area contributed by atoms with Gasteiger partial charge in [-0.3, -0.25) is 9.59 Å². The summed E-state index contributed by atoms with van der Waals surface area (Å²) >= 11 is 0. The average Bonchev–Trinajstić information content (AvgIpc) is 2.99. The molecule has 1 saturated heterocycles. The van der Waals surface area contributed by atoms with Crippen LogP contribution in [0.15, 0.2) is 48.5 Å². The second-order valence-corrected chi connectivity index (χ2v) is 6.16. The van der Waals surface area contributed by atoms with Crippen molar-refractivity contribution in [3.05, 3.63) is 59.9 Å². The summed E-state index contributed by atoms with van der Waals surface area (Å²) in [6.45, 7) is 0.0603. The van der Waals surface area contributed by atoms with E-state index < -0.39 is 23.9 Å². The van der Waals surface area contributed by atoms with Crippen LogP contribution >= 0.6 is 0 Å². The van der Waals surface area contributed by atoms with Crippen molar-refractivity contribution in [2.45, 2.75) is 25.5 Å². The van der Waals surface area contributed by atoms with Crippen LogP contribution in [0.3, 0.4) is 0 Å². The van der Waals surface area contributed by atoms with Crippen molar-refractivity contribution in [1.29, 1.82) is 0 Å². The maximum absolute atomic E-state index is 13.6. The third-order valence-electron chi connectivity index (χ3n) is 4.33. The highest BCUT2D eigenvalue weighted by molar-refractivity contribution is 6.21. The molecule has 7 nitrogen and oxygen atoms in total. The van der Waals surface area contributed by atoms with E-state index in [4.69, 9.17) is 4.74 Å². The number of urea groups is 1. The molecule has 0 bridgehead atoms. The van der Waals surface area contributed by atoms with E-state index in [1.807, 2.05) is 0 Å². The maximum Gasteiger partial charge on any atom is 0.329 e. The van der Waals surface area contributed by atoms with Crippen molar-refractivity contribution in [1.82, 2.24) is 5.32 Å². The van der Waals surface area contributed by atoms with E-state index in [0.717, 1.165) is 4.90 Å². The van der Waals surface area contributed by atoms with Crippen LogP contribution in [0.2, 0.25) is 0 Å². The molecule has 2 aromatic rings.